The van der Waals surface area contributed by atoms with Crippen molar-refractivity contribution in [1.29, 1.82) is 0 Å². The van der Waals surface area contributed by atoms with E-state index in [4.69, 9.17) is 0 Å². The molecule has 1 fully saturated rings. The Bertz CT molecular complexity index is 502. The van der Waals surface area contributed by atoms with E-state index < -0.39 is 9.84 Å². The first-order chi connectivity index (χ1) is 7.46. The molecule has 0 amide bonds. The molecule has 2 heterocycles. The van der Waals surface area contributed by atoms with E-state index in [0.29, 0.717) is 6.42 Å². The van der Waals surface area contributed by atoms with Crippen molar-refractivity contribution in [1.82, 2.24) is 4.98 Å². The van der Waals surface area contributed by atoms with Crippen LogP contribution in [0.3, 0.4) is 0 Å². The van der Waals surface area contributed by atoms with Gasteiger partial charge in [0.25, 0.3) is 0 Å². The minimum absolute atomic E-state index is 0.0207. The Morgan fingerprint density at radius 3 is 2.88 bits per heavy atom. The van der Waals surface area contributed by atoms with Crippen LogP contribution in [0, 0.1) is 6.92 Å². The number of hydrogen-bond acceptors (Lipinski definition) is 4. The lowest BCUT2D eigenvalue weighted by molar-refractivity contribution is 0.602. The number of sulfone groups is 1. The molecule has 1 unspecified atom stereocenters. The Balaban J connectivity index is 2.08. The van der Waals surface area contributed by atoms with Gasteiger partial charge in [-0.2, -0.15) is 0 Å². The molecular weight excluding hydrogens is 292 g/mol. The summed E-state index contributed by atoms with van der Waals surface area (Å²) in [6.07, 6.45) is 2.39. The number of aromatic nitrogens is 1. The van der Waals surface area contributed by atoms with Crippen molar-refractivity contribution in [3.63, 3.8) is 0 Å². The molecule has 1 aliphatic rings. The van der Waals surface area contributed by atoms with Gasteiger partial charge in [0.1, 0.15) is 4.60 Å². The van der Waals surface area contributed by atoms with Gasteiger partial charge in [-0.05, 0) is 40.9 Å². The standard InChI is InChI=1S/C10H13BrN2O2S/c1-7-4-9(5-12-10(7)11)13-8-2-3-16(14,15)6-8/h4-5,8,13H,2-3,6H2,1H3. The van der Waals surface area contributed by atoms with Crippen molar-refractivity contribution >= 4 is 31.5 Å². The Hall–Kier alpha value is -0.620. The normalized spacial score (nSPS) is 23.2. The molecule has 1 aliphatic heterocycles. The van der Waals surface area contributed by atoms with Crippen molar-refractivity contribution in [2.24, 2.45) is 0 Å². The smallest absolute Gasteiger partial charge is 0.152 e. The maximum Gasteiger partial charge on any atom is 0.152 e. The van der Waals surface area contributed by atoms with E-state index in [-0.39, 0.29) is 17.5 Å². The first-order valence-corrected chi connectivity index (χ1v) is 7.67. The van der Waals surface area contributed by atoms with Gasteiger partial charge in [0.15, 0.2) is 9.84 Å². The van der Waals surface area contributed by atoms with Gasteiger partial charge in [-0.25, -0.2) is 13.4 Å². The second-order valence-corrected chi connectivity index (χ2v) is 7.06. The predicted octanol–water partition coefficient (Wildman–Crippen LogP) is 1.75. The summed E-state index contributed by atoms with van der Waals surface area (Å²) in [5, 5.41) is 3.20. The van der Waals surface area contributed by atoms with Crippen LogP contribution in [-0.2, 0) is 9.84 Å². The van der Waals surface area contributed by atoms with E-state index in [1.165, 1.54) is 0 Å². The zero-order chi connectivity index (χ0) is 11.8. The lowest BCUT2D eigenvalue weighted by Crippen LogP contribution is -2.20. The molecule has 4 nitrogen and oxygen atoms in total. The Kier molecular flexibility index (Phi) is 3.21. The Morgan fingerprint density at radius 2 is 2.31 bits per heavy atom. The van der Waals surface area contributed by atoms with Crippen molar-refractivity contribution < 1.29 is 8.42 Å². The molecule has 16 heavy (non-hydrogen) atoms. The molecule has 88 valence electrons. The van der Waals surface area contributed by atoms with Gasteiger partial charge in [0.05, 0.1) is 23.4 Å². The van der Waals surface area contributed by atoms with Crippen molar-refractivity contribution in [2.45, 2.75) is 19.4 Å². The summed E-state index contributed by atoms with van der Waals surface area (Å²) < 4.78 is 23.4. The summed E-state index contributed by atoms with van der Waals surface area (Å²) in [6.45, 7) is 1.95. The van der Waals surface area contributed by atoms with Gasteiger partial charge < -0.3 is 5.32 Å². The third kappa shape index (κ3) is 2.74. The van der Waals surface area contributed by atoms with Gasteiger partial charge in [0.2, 0.25) is 0 Å². The minimum Gasteiger partial charge on any atom is -0.380 e. The number of anilines is 1. The van der Waals surface area contributed by atoms with Gasteiger partial charge in [0, 0.05) is 6.04 Å². The maximum atomic E-state index is 11.3. The fourth-order valence-electron chi connectivity index (χ4n) is 1.78. The summed E-state index contributed by atoms with van der Waals surface area (Å²) in [5.74, 6) is 0.510. The molecule has 0 radical (unpaired) electrons. The van der Waals surface area contributed by atoms with Crippen LogP contribution in [0.4, 0.5) is 5.69 Å². The van der Waals surface area contributed by atoms with Crippen LogP contribution >= 0.6 is 15.9 Å². The van der Waals surface area contributed by atoms with Crippen LogP contribution in [0.25, 0.3) is 0 Å². The lowest BCUT2D eigenvalue weighted by atomic mass is 10.2. The molecule has 1 N–H and O–H groups in total. The van der Waals surface area contributed by atoms with Crippen LogP contribution < -0.4 is 5.32 Å². The second-order valence-electron chi connectivity index (χ2n) is 4.08. The average Bonchev–Trinajstić information content (AvgIpc) is 2.52. The monoisotopic (exact) mass is 304 g/mol. The van der Waals surface area contributed by atoms with E-state index in [1.807, 2.05) is 13.0 Å². The van der Waals surface area contributed by atoms with E-state index in [0.717, 1.165) is 15.9 Å². The molecule has 1 saturated heterocycles. The zero-order valence-corrected chi connectivity index (χ0v) is 11.3. The van der Waals surface area contributed by atoms with Gasteiger partial charge >= 0.3 is 0 Å². The van der Waals surface area contributed by atoms with Crippen LogP contribution in [0.15, 0.2) is 16.9 Å². The van der Waals surface area contributed by atoms with Crippen LogP contribution in [0.2, 0.25) is 0 Å². The van der Waals surface area contributed by atoms with E-state index in [2.05, 4.69) is 26.2 Å². The highest BCUT2D eigenvalue weighted by Gasteiger charge is 2.27. The number of pyridine rings is 1. The molecule has 0 spiro atoms. The largest absolute Gasteiger partial charge is 0.380 e. The molecule has 0 bridgehead atoms. The molecule has 0 aliphatic carbocycles. The van der Waals surface area contributed by atoms with Gasteiger partial charge in [-0.1, -0.05) is 0 Å². The molecule has 1 atom stereocenters. The van der Waals surface area contributed by atoms with Crippen LogP contribution in [-0.4, -0.2) is 30.9 Å². The maximum absolute atomic E-state index is 11.3. The molecule has 6 heteroatoms. The average molecular weight is 305 g/mol. The number of nitrogens with zero attached hydrogens (tertiary/aromatic N) is 1. The third-order valence-corrected chi connectivity index (χ3v) is 5.22. The van der Waals surface area contributed by atoms with Gasteiger partial charge in [-0.3, -0.25) is 0 Å². The Labute approximate surface area is 104 Å². The topological polar surface area (TPSA) is 59.1 Å². The minimum atomic E-state index is -2.83. The fourth-order valence-corrected chi connectivity index (χ4v) is 3.67. The highest BCUT2D eigenvalue weighted by Crippen LogP contribution is 2.20. The lowest BCUT2D eigenvalue weighted by Gasteiger charge is -2.12. The number of nitrogens with one attached hydrogen (secondary N) is 1. The van der Waals surface area contributed by atoms with E-state index in [1.54, 1.807) is 6.20 Å². The first-order valence-electron chi connectivity index (χ1n) is 5.05. The quantitative estimate of drug-likeness (QED) is 0.846. The van der Waals surface area contributed by atoms with Crippen LogP contribution in [0.1, 0.15) is 12.0 Å². The summed E-state index contributed by atoms with van der Waals surface area (Å²) in [5.41, 5.74) is 1.91. The predicted molar refractivity (Wildman–Crippen MR) is 67.4 cm³/mol. The SMILES string of the molecule is Cc1cc(NC2CCS(=O)(=O)C2)cnc1Br. The van der Waals surface area contributed by atoms with Crippen molar-refractivity contribution in [3.05, 3.63) is 22.4 Å². The summed E-state index contributed by atoms with van der Waals surface area (Å²) in [6, 6.07) is 1.98. The number of rotatable bonds is 2. The molecular formula is C10H13BrN2O2S. The van der Waals surface area contributed by atoms with Crippen molar-refractivity contribution in [3.8, 4) is 0 Å². The summed E-state index contributed by atoms with van der Waals surface area (Å²) >= 11 is 3.33. The zero-order valence-electron chi connectivity index (χ0n) is 8.90. The fraction of sp³-hybridized carbons (Fsp3) is 0.500. The van der Waals surface area contributed by atoms with E-state index >= 15 is 0 Å². The highest BCUT2D eigenvalue weighted by atomic mass is 79.9. The van der Waals surface area contributed by atoms with E-state index in [9.17, 15) is 8.42 Å². The third-order valence-electron chi connectivity index (χ3n) is 2.62. The Morgan fingerprint density at radius 1 is 1.56 bits per heavy atom. The first kappa shape index (κ1) is 11.9. The second kappa shape index (κ2) is 4.33. The van der Waals surface area contributed by atoms with Crippen LogP contribution in [0.5, 0.6) is 0 Å². The molecule has 0 saturated carbocycles. The summed E-state index contributed by atoms with van der Waals surface area (Å²) in [7, 11) is -2.83. The molecule has 1 aromatic heterocycles. The molecule has 2 rings (SSSR count). The summed E-state index contributed by atoms with van der Waals surface area (Å²) in [4.78, 5) is 4.16. The molecule has 1 aromatic rings. The van der Waals surface area contributed by atoms with Gasteiger partial charge in [-0.15, -0.1) is 0 Å². The number of halogens is 1. The number of aryl methyl sites for hydroxylation is 1. The number of hydrogen-bond donors (Lipinski definition) is 1. The highest BCUT2D eigenvalue weighted by molar-refractivity contribution is 9.10. The molecule has 0 aromatic carbocycles. The van der Waals surface area contributed by atoms with Crippen molar-refractivity contribution in [2.75, 3.05) is 16.8 Å².